The van der Waals surface area contributed by atoms with Crippen LogP contribution in [0.2, 0.25) is 0 Å². The lowest BCUT2D eigenvalue weighted by Gasteiger charge is -2.35. The van der Waals surface area contributed by atoms with Crippen LogP contribution < -0.4 is 10.2 Å². The molecule has 0 spiro atoms. The predicted molar refractivity (Wildman–Crippen MR) is 104 cm³/mol. The van der Waals surface area contributed by atoms with Gasteiger partial charge in [0.2, 0.25) is 15.9 Å². The maximum atomic E-state index is 12.5. The van der Waals surface area contributed by atoms with Gasteiger partial charge < -0.3 is 10.2 Å². The van der Waals surface area contributed by atoms with E-state index >= 15 is 0 Å². The van der Waals surface area contributed by atoms with Gasteiger partial charge in [-0.15, -0.1) is 0 Å². The molecule has 1 N–H and O–H groups in total. The number of aryl methyl sites for hydroxylation is 1. The van der Waals surface area contributed by atoms with Crippen molar-refractivity contribution >= 4 is 21.6 Å². The summed E-state index contributed by atoms with van der Waals surface area (Å²) < 4.78 is 26.4. The number of carbonyl (C=O) groups is 1. The highest BCUT2D eigenvalue weighted by Gasteiger charge is 2.29. The maximum absolute atomic E-state index is 12.5. The average molecular weight is 378 g/mol. The molecule has 0 atom stereocenters. The second-order valence-electron chi connectivity index (χ2n) is 7.31. The van der Waals surface area contributed by atoms with E-state index in [9.17, 15) is 13.2 Å². The van der Waals surface area contributed by atoms with E-state index in [-0.39, 0.29) is 0 Å². The molecule has 142 valence electrons. The molecule has 3 rings (SSSR count). The van der Waals surface area contributed by atoms with Crippen LogP contribution >= 0.6 is 0 Å². The predicted octanol–water partition coefficient (Wildman–Crippen LogP) is 1.53. The largest absolute Gasteiger partial charge is 0.369 e. The molecular formula is C19H27N3O3S. The Morgan fingerprint density at radius 3 is 2.54 bits per heavy atom. The van der Waals surface area contributed by atoms with Gasteiger partial charge in [0.25, 0.3) is 0 Å². The fourth-order valence-corrected chi connectivity index (χ4v) is 4.85. The molecule has 0 radical (unpaired) electrons. The number of hydrogen-bond donors (Lipinski definition) is 1. The first kappa shape index (κ1) is 18.9. The molecule has 1 heterocycles. The highest BCUT2D eigenvalue weighted by Crippen LogP contribution is 2.30. The Labute approximate surface area is 155 Å². The lowest BCUT2D eigenvalue weighted by Crippen LogP contribution is -2.51. The summed E-state index contributed by atoms with van der Waals surface area (Å²) in [6.45, 7) is 8.54. The molecule has 1 amide bonds. The number of nitrogens with zero attached hydrogens (tertiary/aromatic N) is 2. The number of nitrogens with one attached hydrogen (secondary N) is 1. The Hall–Kier alpha value is -1.86. The molecule has 1 aliphatic carbocycles. The van der Waals surface area contributed by atoms with Crippen molar-refractivity contribution in [3.8, 4) is 0 Å². The number of allylic oxidation sites excluding steroid dienone is 1. The zero-order valence-corrected chi connectivity index (χ0v) is 16.1. The highest BCUT2D eigenvalue weighted by atomic mass is 32.2. The van der Waals surface area contributed by atoms with Crippen molar-refractivity contribution in [1.82, 2.24) is 9.62 Å². The van der Waals surface area contributed by atoms with Crippen LogP contribution in [0.25, 0.3) is 0 Å². The van der Waals surface area contributed by atoms with Crippen LogP contribution in [-0.4, -0.2) is 57.1 Å². The van der Waals surface area contributed by atoms with Crippen molar-refractivity contribution in [2.24, 2.45) is 5.92 Å². The van der Waals surface area contributed by atoms with Crippen LogP contribution in [0.15, 0.2) is 36.4 Å². The number of piperazine rings is 1. The second-order valence-corrected chi connectivity index (χ2v) is 9.28. The summed E-state index contributed by atoms with van der Waals surface area (Å²) in [6.07, 6.45) is 1.85. The second kappa shape index (κ2) is 7.80. The number of benzene rings is 1. The van der Waals surface area contributed by atoms with Crippen molar-refractivity contribution in [3.63, 3.8) is 0 Å². The van der Waals surface area contributed by atoms with Crippen LogP contribution in [-0.2, 0) is 14.8 Å². The van der Waals surface area contributed by atoms with Crippen molar-refractivity contribution in [3.05, 3.63) is 42.0 Å². The van der Waals surface area contributed by atoms with Gasteiger partial charge in [-0.1, -0.05) is 24.3 Å². The number of amides is 1. The van der Waals surface area contributed by atoms with Crippen LogP contribution in [0.1, 0.15) is 18.4 Å². The average Bonchev–Trinajstić information content (AvgIpc) is 2.57. The fourth-order valence-electron chi connectivity index (χ4n) is 3.52. The molecular weight excluding hydrogens is 350 g/mol. The zero-order chi connectivity index (χ0) is 18.7. The molecule has 6 nitrogen and oxygen atoms in total. The first-order valence-corrected chi connectivity index (χ1v) is 10.7. The number of hydrogen-bond acceptors (Lipinski definition) is 4. The molecule has 0 unspecified atom stereocenters. The van der Waals surface area contributed by atoms with Crippen molar-refractivity contribution in [2.75, 3.05) is 43.4 Å². The first-order chi connectivity index (χ1) is 12.3. The highest BCUT2D eigenvalue weighted by molar-refractivity contribution is 7.89. The lowest BCUT2D eigenvalue weighted by atomic mass is 9.81. The smallest absolute Gasteiger partial charge is 0.236 e. The van der Waals surface area contributed by atoms with Gasteiger partial charge in [-0.3, -0.25) is 4.79 Å². The summed E-state index contributed by atoms with van der Waals surface area (Å²) in [5.74, 6) is -0.471. The quantitative estimate of drug-likeness (QED) is 0.764. The van der Waals surface area contributed by atoms with Gasteiger partial charge in [-0.2, -0.15) is 4.31 Å². The summed E-state index contributed by atoms with van der Waals surface area (Å²) in [5.41, 5.74) is 3.49. The van der Waals surface area contributed by atoms with Gasteiger partial charge >= 0.3 is 0 Å². The summed E-state index contributed by atoms with van der Waals surface area (Å²) in [6, 6.07) is 8.20. The minimum Gasteiger partial charge on any atom is -0.369 e. The molecule has 0 bridgehead atoms. The molecule has 26 heavy (non-hydrogen) atoms. The Morgan fingerprint density at radius 1 is 1.23 bits per heavy atom. The van der Waals surface area contributed by atoms with Gasteiger partial charge in [-0.05, 0) is 43.4 Å². The summed E-state index contributed by atoms with van der Waals surface area (Å²) in [7, 11) is -3.57. The Morgan fingerprint density at radius 2 is 1.92 bits per heavy atom. The molecule has 7 heteroatoms. The number of sulfonamides is 1. The van der Waals surface area contributed by atoms with E-state index in [2.05, 4.69) is 22.9 Å². The number of carbonyl (C=O) groups excluding carboxylic acids is 1. The van der Waals surface area contributed by atoms with Crippen molar-refractivity contribution in [2.45, 2.75) is 19.8 Å². The van der Waals surface area contributed by atoms with Gasteiger partial charge in [0, 0.05) is 38.4 Å². The van der Waals surface area contributed by atoms with Crippen LogP contribution in [0, 0.1) is 12.8 Å². The molecule has 1 aliphatic heterocycles. The molecule has 2 aliphatic rings. The van der Waals surface area contributed by atoms with Gasteiger partial charge in [0.05, 0.1) is 0 Å². The molecule has 1 aromatic carbocycles. The molecule has 0 aromatic heterocycles. The normalized spacial score (nSPS) is 19.3. The van der Waals surface area contributed by atoms with E-state index in [0.29, 0.717) is 38.6 Å². The van der Waals surface area contributed by atoms with Gasteiger partial charge in [-0.25, -0.2) is 8.42 Å². The number of anilines is 1. The molecule has 2 fully saturated rings. The van der Waals surface area contributed by atoms with Crippen LogP contribution in [0.4, 0.5) is 5.69 Å². The third-order valence-electron chi connectivity index (χ3n) is 5.05. The van der Waals surface area contributed by atoms with Crippen LogP contribution in [0.5, 0.6) is 0 Å². The topological polar surface area (TPSA) is 69.7 Å². The van der Waals surface area contributed by atoms with E-state index in [1.165, 1.54) is 15.4 Å². The van der Waals surface area contributed by atoms with E-state index in [1.54, 1.807) is 0 Å². The van der Waals surface area contributed by atoms with Gasteiger partial charge in [0.15, 0.2) is 0 Å². The van der Waals surface area contributed by atoms with Crippen molar-refractivity contribution in [1.29, 1.82) is 0 Å². The Kier molecular flexibility index (Phi) is 5.67. The van der Waals surface area contributed by atoms with E-state index < -0.39 is 21.7 Å². The Bertz CT molecular complexity index is 775. The third kappa shape index (κ3) is 4.65. The SMILES string of the molecule is C=C1CC(CNC(=O)CS(=O)(=O)N2CCN(c3cccc(C)c3)CC2)C1. The fraction of sp³-hybridized carbons (Fsp3) is 0.526. The summed E-state index contributed by atoms with van der Waals surface area (Å²) in [4.78, 5) is 14.2. The summed E-state index contributed by atoms with van der Waals surface area (Å²) >= 11 is 0. The molecule has 1 aromatic rings. The molecule has 1 saturated heterocycles. The number of rotatable bonds is 6. The standard InChI is InChI=1S/C19H27N3O3S/c1-15-4-3-5-18(12-15)21-6-8-22(9-7-21)26(24,25)14-19(23)20-13-17-10-16(2)11-17/h3-5,12,17H,2,6-11,13-14H2,1H3,(H,20,23). The van der Waals surface area contributed by atoms with E-state index in [1.807, 2.05) is 25.1 Å². The lowest BCUT2D eigenvalue weighted by molar-refractivity contribution is -0.118. The van der Waals surface area contributed by atoms with Gasteiger partial charge in [0.1, 0.15) is 5.75 Å². The monoisotopic (exact) mass is 377 g/mol. The van der Waals surface area contributed by atoms with Crippen molar-refractivity contribution < 1.29 is 13.2 Å². The third-order valence-corrected chi connectivity index (χ3v) is 6.83. The molecule has 1 saturated carbocycles. The first-order valence-electron chi connectivity index (χ1n) is 9.06. The Balaban J connectivity index is 1.47. The minimum absolute atomic E-state index is 0.409. The van der Waals surface area contributed by atoms with E-state index in [0.717, 1.165) is 18.5 Å². The summed E-state index contributed by atoms with van der Waals surface area (Å²) in [5, 5.41) is 2.74. The van der Waals surface area contributed by atoms with Crippen LogP contribution in [0.3, 0.4) is 0 Å². The minimum atomic E-state index is -3.57. The zero-order valence-electron chi connectivity index (χ0n) is 15.3. The van der Waals surface area contributed by atoms with E-state index in [4.69, 9.17) is 0 Å². The maximum Gasteiger partial charge on any atom is 0.236 e.